The fraction of sp³-hybridized carbons (Fsp3) is 0.300. The summed E-state index contributed by atoms with van der Waals surface area (Å²) in [7, 11) is 1.66. The summed E-state index contributed by atoms with van der Waals surface area (Å²) in [6, 6.07) is 5.74. The molecule has 0 aliphatic rings. The Bertz CT molecular complexity index is 323. The van der Waals surface area contributed by atoms with Crippen LogP contribution in [0.5, 0.6) is 5.75 Å². The quantitative estimate of drug-likeness (QED) is 0.748. The van der Waals surface area contributed by atoms with E-state index in [1.54, 1.807) is 7.11 Å². The van der Waals surface area contributed by atoms with Gasteiger partial charge in [-0.1, -0.05) is 19.1 Å². The first-order valence-electron chi connectivity index (χ1n) is 4.15. The van der Waals surface area contributed by atoms with E-state index in [-0.39, 0.29) is 0 Å². The van der Waals surface area contributed by atoms with Crippen LogP contribution in [0.15, 0.2) is 18.2 Å². The predicted molar refractivity (Wildman–Crippen MR) is 58.3 cm³/mol. The molecule has 0 aliphatic heterocycles. The van der Waals surface area contributed by atoms with Crippen molar-refractivity contribution in [2.75, 3.05) is 7.11 Å². The number of rotatable bonds is 3. The molecule has 0 bridgehead atoms. The molecule has 0 heterocycles. The smallest absolute Gasteiger partial charge is 0.122 e. The number of aryl methyl sites for hydroxylation is 1. The van der Waals surface area contributed by atoms with E-state index in [0.29, 0.717) is 4.99 Å². The Labute approximate surface area is 83.7 Å². The highest BCUT2D eigenvalue weighted by Gasteiger charge is 2.03. The third kappa shape index (κ3) is 2.18. The molecule has 3 heteroatoms. The van der Waals surface area contributed by atoms with Crippen molar-refractivity contribution in [2.24, 2.45) is 5.73 Å². The minimum Gasteiger partial charge on any atom is -0.496 e. The number of benzene rings is 1. The Morgan fingerprint density at radius 2 is 2.23 bits per heavy atom. The van der Waals surface area contributed by atoms with E-state index in [9.17, 15) is 0 Å². The molecule has 0 radical (unpaired) electrons. The summed E-state index contributed by atoms with van der Waals surface area (Å²) in [6.45, 7) is 2.07. The SMILES string of the molecule is CCc1cc(C(N)=S)ccc1OC. The first-order chi connectivity index (χ1) is 6.19. The zero-order valence-electron chi connectivity index (χ0n) is 7.83. The van der Waals surface area contributed by atoms with E-state index in [1.165, 1.54) is 0 Å². The van der Waals surface area contributed by atoms with E-state index in [4.69, 9.17) is 22.7 Å². The van der Waals surface area contributed by atoms with Gasteiger partial charge in [0.2, 0.25) is 0 Å². The van der Waals surface area contributed by atoms with Crippen molar-refractivity contribution < 1.29 is 4.74 Å². The molecule has 0 spiro atoms. The fourth-order valence-corrected chi connectivity index (χ4v) is 1.34. The Morgan fingerprint density at radius 1 is 1.54 bits per heavy atom. The lowest BCUT2D eigenvalue weighted by molar-refractivity contribution is 0.410. The Morgan fingerprint density at radius 3 is 2.69 bits per heavy atom. The average Bonchev–Trinajstić information content (AvgIpc) is 2.16. The molecule has 0 aromatic heterocycles. The number of ether oxygens (including phenoxy) is 1. The van der Waals surface area contributed by atoms with Gasteiger partial charge >= 0.3 is 0 Å². The van der Waals surface area contributed by atoms with Gasteiger partial charge in [0, 0.05) is 5.56 Å². The largest absolute Gasteiger partial charge is 0.496 e. The minimum absolute atomic E-state index is 0.428. The molecule has 0 atom stereocenters. The third-order valence-electron chi connectivity index (χ3n) is 1.95. The highest BCUT2D eigenvalue weighted by molar-refractivity contribution is 7.80. The van der Waals surface area contributed by atoms with Gasteiger partial charge in [0.1, 0.15) is 10.7 Å². The molecular formula is C10H13NOS. The monoisotopic (exact) mass is 195 g/mol. The second kappa shape index (κ2) is 4.23. The van der Waals surface area contributed by atoms with E-state index in [0.717, 1.165) is 23.3 Å². The van der Waals surface area contributed by atoms with E-state index < -0.39 is 0 Å². The van der Waals surface area contributed by atoms with Crippen LogP contribution in [0.2, 0.25) is 0 Å². The van der Waals surface area contributed by atoms with Crippen LogP contribution >= 0.6 is 12.2 Å². The number of thiocarbonyl (C=S) groups is 1. The maximum Gasteiger partial charge on any atom is 0.122 e. The molecule has 0 saturated carbocycles. The summed E-state index contributed by atoms with van der Waals surface area (Å²) in [5.41, 5.74) is 7.55. The van der Waals surface area contributed by atoms with Crippen molar-refractivity contribution >= 4 is 17.2 Å². The lowest BCUT2D eigenvalue weighted by Gasteiger charge is -2.07. The van der Waals surface area contributed by atoms with Crippen molar-refractivity contribution in [3.05, 3.63) is 29.3 Å². The van der Waals surface area contributed by atoms with E-state index in [2.05, 4.69) is 6.92 Å². The van der Waals surface area contributed by atoms with Gasteiger partial charge in [0.25, 0.3) is 0 Å². The van der Waals surface area contributed by atoms with Gasteiger partial charge in [-0.2, -0.15) is 0 Å². The standard InChI is InChI=1S/C10H13NOS/c1-3-7-6-8(10(11)13)4-5-9(7)12-2/h4-6H,3H2,1-2H3,(H2,11,13). The molecule has 0 aliphatic carbocycles. The van der Waals surface area contributed by atoms with Crippen LogP contribution in [-0.4, -0.2) is 12.1 Å². The second-order valence-corrected chi connectivity index (χ2v) is 3.18. The van der Waals surface area contributed by atoms with Gasteiger partial charge in [0.15, 0.2) is 0 Å². The lowest BCUT2D eigenvalue weighted by Crippen LogP contribution is -2.09. The minimum atomic E-state index is 0.428. The number of hydrogen-bond acceptors (Lipinski definition) is 2. The van der Waals surface area contributed by atoms with Gasteiger partial charge in [-0.15, -0.1) is 0 Å². The molecule has 0 unspecified atom stereocenters. The van der Waals surface area contributed by atoms with Gasteiger partial charge in [-0.3, -0.25) is 0 Å². The maximum absolute atomic E-state index is 5.52. The zero-order valence-corrected chi connectivity index (χ0v) is 8.65. The first kappa shape index (κ1) is 9.99. The lowest BCUT2D eigenvalue weighted by atomic mass is 10.1. The van der Waals surface area contributed by atoms with Gasteiger partial charge in [0.05, 0.1) is 7.11 Å². The third-order valence-corrected chi connectivity index (χ3v) is 2.18. The summed E-state index contributed by atoms with van der Waals surface area (Å²) >= 11 is 4.89. The molecule has 2 N–H and O–H groups in total. The molecular weight excluding hydrogens is 182 g/mol. The highest BCUT2D eigenvalue weighted by atomic mass is 32.1. The molecule has 2 nitrogen and oxygen atoms in total. The second-order valence-electron chi connectivity index (χ2n) is 2.74. The topological polar surface area (TPSA) is 35.2 Å². The van der Waals surface area contributed by atoms with Gasteiger partial charge in [-0.05, 0) is 30.2 Å². The Balaban J connectivity index is 3.13. The Kier molecular flexibility index (Phi) is 3.25. The van der Waals surface area contributed by atoms with Crippen LogP contribution in [0.3, 0.4) is 0 Å². The number of hydrogen-bond donors (Lipinski definition) is 1. The zero-order chi connectivity index (χ0) is 9.84. The van der Waals surface area contributed by atoms with Crippen molar-refractivity contribution in [1.82, 2.24) is 0 Å². The van der Waals surface area contributed by atoms with Crippen LogP contribution in [-0.2, 0) is 6.42 Å². The summed E-state index contributed by atoms with van der Waals surface area (Å²) in [5, 5.41) is 0. The molecule has 70 valence electrons. The maximum atomic E-state index is 5.52. The Hall–Kier alpha value is -1.09. The molecule has 13 heavy (non-hydrogen) atoms. The van der Waals surface area contributed by atoms with Crippen LogP contribution in [0.25, 0.3) is 0 Å². The summed E-state index contributed by atoms with van der Waals surface area (Å²) < 4.78 is 5.19. The average molecular weight is 195 g/mol. The molecule has 0 amide bonds. The van der Waals surface area contributed by atoms with Gasteiger partial charge in [-0.25, -0.2) is 0 Å². The van der Waals surface area contributed by atoms with Crippen molar-refractivity contribution in [3.63, 3.8) is 0 Å². The summed E-state index contributed by atoms with van der Waals surface area (Å²) in [5.74, 6) is 0.891. The van der Waals surface area contributed by atoms with E-state index >= 15 is 0 Å². The van der Waals surface area contributed by atoms with Crippen molar-refractivity contribution in [3.8, 4) is 5.75 Å². The van der Waals surface area contributed by atoms with Crippen molar-refractivity contribution in [1.29, 1.82) is 0 Å². The van der Waals surface area contributed by atoms with Crippen LogP contribution in [0.4, 0.5) is 0 Å². The molecule has 0 saturated heterocycles. The van der Waals surface area contributed by atoms with Gasteiger partial charge < -0.3 is 10.5 Å². The fourth-order valence-electron chi connectivity index (χ4n) is 1.21. The molecule has 1 rings (SSSR count). The van der Waals surface area contributed by atoms with Crippen LogP contribution in [0.1, 0.15) is 18.1 Å². The van der Waals surface area contributed by atoms with Crippen LogP contribution < -0.4 is 10.5 Å². The highest BCUT2D eigenvalue weighted by Crippen LogP contribution is 2.20. The van der Waals surface area contributed by atoms with Crippen molar-refractivity contribution in [2.45, 2.75) is 13.3 Å². The molecule has 1 aromatic carbocycles. The molecule has 0 fully saturated rings. The number of nitrogens with two attached hydrogens (primary N) is 1. The number of methoxy groups -OCH3 is 1. The first-order valence-corrected chi connectivity index (χ1v) is 4.56. The molecule has 1 aromatic rings. The normalized spacial score (nSPS) is 9.69. The summed E-state index contributed by atoms with van der Waals surface area (Å²) in [4.78, 5) is 0.428. The predicted octanol–water partition coefficient (Wildman–Crippen LogP) is 1.89. The summed E-state index contributed by atoms with van der Waals surface area (Å²) in [6.07, 6.45) is 0.916. The van der Waals surface area contributed by atoms with E-state index in [1.807, 2.05) is 18.2 Å². The van der Waals surface area contributed by atoms with Crippen LogP contribution in [0, 0.1) is 0 Å².